The molecule has 13 heteroatoms. The average Bonchev–Trinajstić information content (AvgIpc) is 2.95. The highest BCUT2D eigenvalue weighted by Crippen LogP contribution is 2.32. The average molecular weight is 431 g/mol. The van der Waals surface area contributed by atoms with Crippen molar-refractivity contribution in [1.82, 2.24) is 4.98 Å². The molecule has 0 aliphatic heterocycles. The third kappa shape index (κ3) is 4.14. The summed E-state index contributed by atoms with van der Waals surface area (Å²) in [6.07, 6.45) is 1.02. The molecule has 1 aromatic heterocycles. The van der Waals surface area contributed by atoms with Crippen molar-refractivity contribution in [2.24, 2.45) is 0 Å². The zero-order valence-electron chi connectivity index (χ0n) is 11.3. The van der Waals surface area contributed by atoms with E-state index in [0.29, 0.717) is 11.3 Å². The van der Waals surface area contributed by atoms with Crippen LogP contribution < -0.4 is 5.32 Å². The largest absolute Gasteiger partial charge is 0.298 e. The van der Waals surface area contributed by atoms with Crippen LogP contribution in [0.4, 0.5) is 10.8 Å². The lowest BCUT2D eigenvalue weighted by molar-refractivity contribution is -0.384. The number of nitrogens with one attached hydrogen (secondary N) is 1. The molecule has 2 aromatic rings. The summed E-state index contributed by atoms with van der Waals surface area (Å²) in [5.74, 6) is -0.985. The van der Waals surface area contributed by atoms with E-state index in [-0.39, 0.29) is 19.9 Å². The monoisotopic (exact) mass is 429 g/mol. The van der Waals surface area contributed by atoms with Gasteiger partial charge in [0, 0.05) is 12.1 Å². The van der Waals surface area contributed by atoms with E-state index >= 15 is 0 Å². The van der Waals surface area contributed by atoms with Crippen LogP contribution >= 0.6 is 46.1 Å². The minimum Gasteiger partial charge on any atom is -0.298 e. The van der Waals surface area contributed by atoms with E-state index in [2.05, 4.69) is 10.3 Å². The molecule has 0 unspecified atom stereocenters. The zero-order chi connectivity index (χ0) is 18.1. The Kier molecular flexibility index (Phi) is 5.35. The van der Waals surface area contributed by atoms with Gasteiger partial charge in [0.2, 0.25) is 9.84 Å². The summed E-state index contributed by atoms with van der Waals surface area (Å²) in [7, 11) is -3.95. The van der Waals surface area contributed by atoms with Gasteiger partial charge in [-0.3, -0.25) is 20.2 Å². The predicted molar refractivity (Wildman–Crippen MR) is 89.6 cm³/mol. The van der Waals surface area contributed by atoms with E-state index in [1.807, 2.05) is 0 Å². The molecule has 2 rings (SSSR count). The number of rotatable bonds is 4. The zero-order valence-corrected chi connectivity index (χ0v) is 15.2. The number of amides is 1. The third-order valence-corrected chi connectivity index (χ3v) is 6.24. The second-order valence-electron chi connectivity index (χ2n) is 4.19. The molecular weight excluding hydrogens is 425 g/mol. The predicted octanol–water partition coefficient (Wildman–Crippen LogP) is 3.19. The van der Waals surface area contributed by atoms with Crippen LogP contribution in [0.3, 0.4) is 0 Å². The third-order valence-electron chi connectivity index (χ3n) is 2.59. The van der Waals surface area contributed by atoms with E-state index in [4.69, 9.17) is 34.8 Å². The van der Waals surface area contributed by atoms with Crippen LogP contribution in [0.25, 0.3) is 0 Å². The van der Waals surface area contributed by atoms with Gasteiger partial charge in [0.25, 0.3) is 15.4 Å². The Labute approximate surface area is 154 Å². The van der Waals surface area contributed by atoms with Gasteiger partial charge >= 0.3 is 0 Å². The molecule has 1 heterocycles. The van der Waals surface area contributed by atoms with Crippen LogP contribution in [0.15, 0.2) is 39.6 Å². The van der Waals surface area contributed by atoms with Crippen molar-refractivity contribution in [3.63, 3.8) is 0 Å². The number of non-ortho nitro benzene ring substituents is 1. The van der Waals surface area contributed by atoms with Gasteiger partial charge in [0.05, 0.1) is 16.0 Å². The highest BCUT2D eigenvalue weighted by Gasteiger charge is 2.32. The number of benzene rings is 1. The molecule has 0 atom stereocenters. The van der Waals surface area contributed by atoms with Crippen molar-refractivity contribution in [1.29, 1.82) is 0 Å². The number of thiazole rings is 1. The Balaban J connectivity index is 2.27. The molecule has 1 aromatic carbocycles. The minimum absolute atomic E-state index is 0.0770. The number of carbonyl (C=O) groups is 1. The Bertz CT molecular complexity index is 890. The first kappa shape index (κ1) is 18.9. The quantitative estimate of drug-likeness (QED) is 0.452. The van der Waals surface area contributed by atoms with Crippen LogP contribution in [0.2, 0.25) is 0 Å². The number of nitro groups is 1. The summed E-state index contributed by atoms with van der Waals surface area (Å²) < 4.78 is 22.4. The maximum absolute atomic E-state index is 12.4. The van der Waals surface area contributed by atoms with Gasteiger partial charge in [-0.25, -0.2) is 13.4 Å². The fourth-order valence-corrected chi connectivity index (χ4v) is 4.04. The maximum Gasteiger partial charge on any atom is 0.278 e. The van der Waals surface area contributed by atoms with Gasteiger partial charge in [-0.2, -0.15) is 0 Å². The van der Waals surface area contributed by atoms with E-state index < -0.39 is 24.5 Å². The summed E-state index contributed by atoms with van der Waals surface area (Å²) in [6, 6.07) is 4.35. The molecule has 0 radical (unpaired) electrons. The molecule has 0 aliphatic carbocycles. The van der Waals surface area contributed by atoms with Crippen molar-refractivity contribution in [3.05, 3.63) is 40.6 Å². The molecule has 0 spiro atoms. The Morgan fingerprint density at radius 1 is 1.25 bits per heavy atom. The SMILES string of the molecule is O=C(Nc1ncc(S(=O)(=O)c2ccc([N+](=O)[O-])cc2)s1)C(Cl)(Cl)Cl. The molecule has 0 bridgehead atoms. The molecule has 0 fully saturated rings. The normalized spacial score (nSPS) is 12.0. The number of halogens is 3. The minimum atomic E-state index is -3.95. The second-order valence-corrected chi connectivity index (χ2v) is 9.68. The maximum atomic E-state index is 12.4. The molecule has 1 N–H and O–H groups in total. The lowest BCUT2D eigenvalue weighted by Gasteiger charge is -2.08. The number of alkyl halides is 3. The van der Waals surface area contributed by atoms with Crippen LogP contribution in [0.5, 0.6) is 0 Å². The summed E-state index contributed by atoms with van der Waals surface area (Å²) in [4.78, 5) is 25.0. The molecule has 128 valence electrons. The standard InChI is InChI=1S/C11H6Cl3N3O5S2/c12-11(13,14)9(18)16-10-15-5-8(23-10)24(21,22)7-3-1-6(2-4-7)17(19)20/h1-5H,(H,15,16,18). The van der Waals surface area contributed by atoms with Crippen LogP contribution in [0.1, 0.15) is 0 Å². The highest BCUT2D eigenvalue weighted by atomic mass is 35.6. The lowest BCUT2D eigenvalue weighted by Crippen LogP contribution is -2.26. The fourth-order valence-electron chi connectivity index (χ4n) is 1.47. The van der Waals surface area contributed by atoms with Crippen molar-refractivity contribution in [2.75, 3.05) is 5.32 Å². The number of sulfone groups is 1. The van der Waals surface area contributed by atoms with E-state index in [9.17, 15) is 23.3 Å². The van der Waals surface area contributed by atoms with Crippen molar-refractivity contribution in [2.45, 2.75) is 12.9 Å². The first-order chi connectivity index (χ1) is 11.0. The number of hydrogen-bond acceptors (Lipinski definition) is 7. The van der Waals surface area contributed by atoms with Crippen LogP contribution in [0, 0.1) is 10.1 Å². The molecular formula is C11H6Cl3N3O5S2. The highest BCUT2D eigenvalue weighted by molar-refractivity contribution is 7.93. The molecule has 8 nitrogen and oxygen atoms in total. The van der Waals surface area contributed by atoms with Crippen LogP contribution in [-0.2, 0) is 14.6 Å². The number of anilines is 1. The summed E-state index contributed by atoms with van der Waals surface area (Å²) in [5.41, 5.74) is -0.242. The van der Waals surface area contributed by atoms with Crippen molar-refractivity contribution < 1.29 is 18.1 Å². The lowest BCUT2D eigenvalue weighted by atomic mass is 10.3. The Morgan fingerprint density at radius 3 is 2.33 bits per heavy atom. The van der Waals surface area contributed by atoms with Gasteiger partial charge in [-0.05, 0) is 12.1 Å². The molecule has 0 saturated heterocycles. The summed E-state index contributed by atoms with van der Waals surface area (Å²) in [6.45, 7) is 0. The topological polar surface area (TPSA) is 119 Å². The Morgan fingerprint density at radius 2 is 1.83 bits per heavy atom. The smallest absolute Gasteiger partial charge is 0.278 e. The van der Waals surface area contributed by atoms with E-state index in [1.165, 1.54) is 0 Å². The molecule has 1 amide bonds. The first-order valence-electron chi connectivity index (χ1n) is 5.85. The second kappa shape index (κ2) is 6.81. The Hall–Kier alpha value is -1.46. The summed E-state index contributed by atoms with van der Waals surface area (Å²) in [5, 5.41) is 12.7. The molecule has 0 aliphatic rings. The number of hydrogen-bond donors (Lipinski definition) is 1. The number of nitro benzene ring substituents is 1. The fraction of sp³-hybridized carbons (Fsp3) is 0.0909. The number of carbonyl (C=O) groups excluding carboxylic acids is 1. The van der Waals surface area contributed by atoms with Gasteiger partial charge < -0.3 is 0 Å². The van der Waals surface area contributed by atoms with Gasteiger partial charge in [-0.1, -0.05) is 46.1 Å². The van der Waals surface area contributed by atoms with Gasteiger partial charge in [0.15, 0.2) is 5.13 Å². The van der Waals surface area contributed by atoms with Gasteiger partial charge in [-0.15, -0.1) is 0 Å². The first-order valence-corrected chi connectivity index (χ1v) is 9.29. The van der Waals surface area contributed by atoms with Gasteiger partial charge in [0.1, 0.15) is 4.21 Å². The molecule has 0 saturated carbocycles. The van der Waals surface area contributed by atoms with Crippen molar-refractivity contribution in [3.8, 4) is 0 Å². The molecule has 24 heavy (non-hydrogen) atoms. The van der Waals surface area contributed by atoms with Crippen molar-refractivity contribution >= 4 is 72.7 Å². The number of nitrogens with zero attached hydrogens (tertiary/aromatic N) is 2. The van der Waals surface area contributed by atoms with E-state index in [0.717, 1.165) is 30.5 Å². The number of aromatic nitrogens is 1. The summed E-state index contributed by atoms with van der Waals surface area (Å²) >= 11 is 16.8. The van der Waals surface area contributed by atoms with Crippen LogP contribution in [-0.4, -0.2) is 28.0 Å². The van der Waals surface area contributed by atoms with E-state index in [1.54, 1.807) is 0 Å².